The molecular weight excluding hydrogens is 264 g/mol. The van der Waals surface area contributed by atoms with Crippen LogP contribution in [0.1, 0.15) is 24.8 Å². The Morgan fingerprint density at radius 2 is 2.19 bits per heavy atom. The zero-order chi connectivity index (χ0) is 11.2. The predicted octanol–water partition coefficient (Wildman–Crippen LogP) is 2.68. The van der Waals surface area contributed by atoms with E-state index in [0.717, 1.165) is 13.1 Å². The lowest BCUT2D eigenvalue weighted by atomic mass is 10.1. The van der Waals surface area contributed by atoms with Crippen molar-refractivity contribution in [1.82, 2.24) is 10.6 Å². The molecule has 1 fully saturated rings. The number of benzene rings is 1. The first-order valence-corrected chi connectivity index (χ1v) is 6.83. The minimum absolute atomic E-state index is 0.663. The maximum atomic E-state index is 3.57. The Bertz CT molecular complexity index is 321. The highest BCUT2D eigenvalue weighted by Crippen LogP contribution is 2.15. The second-order valence-electron chi connectivity index (χ2n) is 4.37. The number of halogens is 1. The molecule has 0 aliphatic carbocycles. The summed E-state index contributed by atoms with van der Waals surface area (Å²) < 4.78 is 1.19. The molecule has 2 N–H and O–H groups in total. The number of piperidine rings is 1. The van der Waals surface area contributed by atoms with Crippen molar-refractivity contribution in [2.45, 2.75) is 31.8 Å². The first-order valence-electron chi connectivity index (χ1n) is 6.04. The molecule has 88 valence electrons. The van der Waals surface area contributed by atoms with Gasteiger partial charge in [-0.25, -0.2) is 0 Å². The molecule has 1 heterocycles. The van der Waals surface area contributed by atoms with Crippen molar-refractivity contribution in [3.8, 4) is 0 Å². The van der Waals surface area contributed by atoms with Gasteiger partial charge in [0.2, 0.25) is 0 Å². The molecule has 0 amide bonds. The summed E-state index contributed by atoms with van der Waals surface area (Å²) in [4.78, 5) is 0. The van der Waals surface area contributed by atoms with Gasteiger partial charge in [0.15, 0.2) is 0 Å². The van der Waals surface area contributed by atoms with E-state index in [1.807, 2.05) is 0 Å². The third-order valence-corrected chi connectivity index (χ3v) is 3.85. The number of nitrogens with one attached hydrogen (secondary N) is 2. The van der Waals surface area contributed by atoms with Crippen molar-refractivity contribution in [3.63, 3.8) is 0 Å². The molecule has 3 heteroatoms. The quantitative estimate of drug-likeness (QED) is 0.887. The summed E-state index contributed by atoms with van der Waals surface area (Å²) in [5.41, 5.74) is 1.33. The van der Waals surface area contributed by atoms with Crippen molar-refractivity contribution >= 4 is 15.9 Å². The zero-order valence-electron chi connectivity index (χ0n) is 9.51. The topological polar surface area (TPSA) is 24.1 Å². The molecule has 2 rings (SSSR count). The average molecular weight is 283 g/mol. The highest BCUT2D eigenvalue weighted by Gasteiger charge is 2.11. The Hall–Kier alpha value is -0.380. The fraction of sp³-hybridized carbons (Fsp3) is 0.538. The van der Waals surface area contributed by atoms with E-state index in [-0.39, 0.29) is 0 Å². The van der Waals surface area contributed by atoms with Gasteiger partial charge in [-0.15, -0.1) is 0 Å². The molecule has 0 bridgehead atoms. The Balaban J connectivity index is 1.73. The van der Waals surface area contributed by atoms with Gasteiger partial charge < -0.3 is 10.6 Å². The van der Waals surface area contributed by atoms with E-state index in [4.69, 9.17) is 0 Å². The molecule has 0 aromatic heterocycles. The lowest BCUT2D eigenvalue weighted by Gasteiger charge is -2.23. The van der Waals surface area contributed by atoms with Crippen LogP contribution in [0.4, 0.5) is 0 Å². The summed E-state index contributed by atoms with van der Waals surface area (Å²) in [5.74, 6) is 0. The summed E-state index contributed by atoms with van der Waals surface area (Å²) in [5, 5.41) is 7.07. The van der Waals surface area contributed by atoms with E-state index in [9.17, 15) is 0 Å². The van der Waals surface area contributed by atoms with E-state index in [1.54, 1.807) is 0 Å². The molecular formula is C13H19BrN2. The molecule has 0 radical (unpaired) electrons. The molecule has 1 atom stereocenters. The molecule has 0 spiro atoms. The van der Waals surface area contributed by atoms with E-state index in [0.29, 0.717) is 6.04 Å². The average Bonchev–Trinajstić information content (AvgIpc) is 2.33. The van der Waals surface area contributed by atoms with Gasteiger partial charge in [-0.2, -0.15) is 0 Å². The van der Waals surface area contributed by atoms with E-state index in [1.165, 1.54) is 35.8 Å². The monoisotopic (exact) mass is 282 g/mol. The highest BCUT2D eigenvalue weighted by atomic mass is 79.9. The molecule has 1 aliphatic heterocycles. The van der Waals surface area contributed by atoms with Gasteiger partial charge in [0.1, 0.15) is 0 Å². The fourth-order valence-corrected chi connectivity index (χ4v) is 2.55. The van der Waals surface area contributed by atoms with Crippen LogP contribution in [0.3, 0.4) is 0 Å². The van der Waals surface area contributed by atoms with Crippen molar-refractivity contribution in [2.75, 3.05) is 13.1 Å². The number of hydrogen-bond donors (Lipinski definition) is 2. The largest absolute Gasteiger partial charge is 0.313 e. The van der Waals surface area contributed by atoms with E-state index < -0.39 is 0 Å². The Labute approximate surface area is 106 Å². The summed E-state index contributed by atoms with van der Waals surface area (Å²) in [6.45, 7) is 3.20. The van der Waals surface area contributed by atoms with Gasteiger partial charge in [-0.05, 0) is 31.0 Å². The van der Waals surface area contributed by atoms with Crippen LogP contribution in [0.2, 0.25) is 0 Å². The van der Waals surface area contributed by atoms with Crippen molar-refractivity contribution < 1.29 is 0 Å². The third-order valence-electron chi connectivity index (χ3n) is 3.08. The second-order valence-corrected chi connectivity index (χ2v) is 5.22. The van der Waals surface area contributed by atoms with Crippen molar-refractivity contribution in [2.24, 2.45) is 0 Å². The van der Waals surface area contributed by atoms with Crippen LogP contribution in [0.15, 0.2) is 28.7 Å². The molecule has 1 unspecified atom stereocenters. The van der Waals surface area contributed by atoms with Gasteiger partial charge in [-0.1, -0.05) is 40.5 Å². The molecule has 2 nitrogen and oxygen atoms in total. The van der Waals surface area contributed by atoms with Gasteiger partial charge in [0.05, 0.1) is 0 Å². The van der Waals surface area contributed by atoms with E-state index in [2.05, 4.69) is 50.8 Å². The van der Waals surface area contributed by atoms with Gasteiger partial charge in [0.25, 0.3) is 0 Å². The van der Waals surface area contributed by atoms with Crippen LogP contribution in [-0.4, -0.2) is 19.1 Å². The Morgan fingerprint density at radius 1 is 1.31 bits per heavy atom. The zero-order valence-corrected chi connectivity index (χ0v) is 11.1. The summed E-state index contributed by atoms with van der Waals surface area (Å²) >= 11 is 3.57. The standard InChI is InChI=1S/C13H19BrN2/c14-13-7-2-1-5-11(13)9-15-10-12-6-3-4-8-16-12/h1-2,5,7,12,15-16H,3-4,6,8-10H2. The molecule has 1 aromatic rings. The third kappa shape index (κ3) is 3.58. The van der Waals surface area contributed by atoms with E-state index >= 15 is 0 Å². The maximum absolute atomic E-state index is 3.57. The Morgan fingerprint density at radius 3 is 2.94 bits per heavy atom. The van der Waals surface area contributed by atoms with Crippen LogP contribution in [-0.2, 0) is 6.54 Å². The summed E-state index contributed by atoms with van der Waals surface area (Å²) in [7, 11) is 0. The fourth-order valence-electron chi connectivity index (χ4n) is 2.12. The minimum atomic E-state index is 0.663. The smallest absolute Gasteiger partial charge is 0.0220 e. The summed E-state index contributed by atoms with van der Waals surface area (Å²) in [6, 6.07) is 9.05. The van der Waals surface area contributed by atoms with Crippen LogP contribution in [0.25, 0.3) is 0 Å². The maximum Gasteiger partial charge on any atom is 0.0220 e. The van der Waals surface area contributed by atoms with Crippen LogP contribution < -0.4 is 10.6 Å². The first-order chi connectivity index (χ1) is 7.86. The van der Waals surface area contributed by atoms with Crippen LogP contribution >= 0.6 is 15.9 Å². The minimum Gasteiger partial charge on any atom is -0.313 e. The summed E-state index contributed by atoms with van der Waals surface area (Å²) in [6.07, 6.45) is 4.01. The first kappa shape index (κ1) is 12.1. The second kappa shape index (κ2) is 6.38. The molecule has 16 heavy (non-hydrogen) atoms. The molecule has 1 saturated heterocycles. The highest BCUT2D eigenvalue weighted by molar-refractivity contribution is 9.10. The van der Waals surface area contributed by atoms with Crippen LogP contribution in [0.5, 0.6) is 0 Å². The van der Waals surface area contributed by atoms with Gasteiger partial charge in [0, 0.05) is 23.6 Å². The van der Waals surface area contributed by atoms with Crippen molar-refractivity contribution in [3.05, 3.63) is 34.3 Å². The van der Waals surface area contributed by atoms with Crippen LogP contribution in [0, 0.1) is 0 Å². The lowest BCUT2D eigenvalue weighted by molar-refractivity contribution is 0.383. The number of rotatable bonds is 4. The SMILES string of the molecule is Brc1ccccc1CNCC1CCCCN1. The molecule has 0 saturated carbocycles. The lowest BCUT2D eigenvalue weighted by Crippen LogP contribution is -2.41. The molecule has 1 aliphatic rings. The molecule has 1 aromatic carbocycles. The Kier molecular flexibility index (Phi) is 4.82. The number of hydrogen-bond acceptors (Lipinski definition) is 2. The predicted molar refractivity (Wildman–Crippen MR) is 71.5 cm³/mol. The normalized spacial score (nSPS) is 20.9. The van der Waals surface area contributed by atoms with Gasteiger partial charge >= 0.3 is 0 Å². The van der Waals surface area contributed by atoms with Gasteiger partial charge in [-0.3, -0.25) is 0 Å². The van der Waals surface area contributed by atoms with Crippen molar-refractivity contribution in [1.29, 1.82) is 0 Å².